The Morgan fingerprint density at radius 3 is 2.52 bits per heavy atom. The molecule has 0 bridgehead atoms. The highest BCUT2D eigenvalue weighted by atomic mass is 35.5. The monoisotopic (exact) mass is 463 g/mol. The largest absolute Gasteiger partial charge is 0.379 e. The molecule has 1 aliphatic heterocycles. The Bertz CT molecular complexity index is 1030. The number of hydrogen-bond donors (Lipinski definition) is 1. The molecule has 1 aliphatic rings. The number of aryl methyl sites for hydroxylation is 1. The van der Waals surface area contributed by atoms with Crippen LogP contribution in [0.3, 0.4) is 0 Å². The lowest BCUT2D eigenvalue weighted by atomic mass is 10.1. The number of hydrazone groups is 1. The summed E-state index contributed by atoms with van der Waals surface area (Å²) in [7, 11) is -3.51. The number of sulfonamides is 1. The third-order valence-corrected chi connectivity index (χ3v) is 7.13. The lowest BCUT2D eigenvalue weighted by molar-refractivity contribution is -0.121. The van der Waals surface area contributed by atoms with Crippen LogP contribution >= 0.6 is 11.6 Å². The van der Waals surface area contributed by atoms with Gasteiger partial charge in [0.15, 0.2) is 0 Å². The Kier molecular flexibility index (Phi) is 8.20. The molecule has 0 spiro atoms. The fourth-order valence-electron chi connectivity index (χ4n) is 3.22. The van der Waals surface area contributed by atoms with Crippen LogP contribution < -0.4 is 5.43 Å². The molecule has 2 aromatic rings. The maximum Gasteiger partial charge on any atom is 0.243 e. The number of amides is 1. The summed E-state index contributed by atoms with van der Waals surface area (Å²) in [5, 5.41) is 4.84. The van der Waals surface area contributed by atoms with Crippen molar-refractivity contribution in [2.45, 2.75) is 31.1 Å². The third kappa shape index (κ3) is 6.36. The van der Waals surface area contributed by atoms with Crippen molar-refractivity contribution in [3.8, 4) is 0 Å². The number of nitrogens with zero attached hydrogens (tertiary/aromatic N) is 2. The quantitative estimate of drug-likeness (QED) is 0.481. The van der Waals surface area contributed by atoms with E-state index in [1.54, 1.807) is 30.3 Å². The molecule has 1 amide bonds. The number of hydrogen-bond acceptors (Lipinski definition) is 5. The van der Waals surface area contributed by atoms with Crippen molar-refractivity contribution in [1.29, 1.82) is 0 Å². The fraction of sp³-hybridized carbons (Fsp3) is 0.364. The van der Waals surface area contributed by atoms with Gasteiger partial charge in [-0.1, -0.05) is 42.8 Å². The molecular formula is C22H26ClN3O4S. The zero-order valence-corrected chi connectivity index (χ0v) is 19.0. The van der Waals surface area contributed by atoms with E-state index in [9.17, 15) is 13.2 Å². The van der Waals surface area contributed by atoms with Gasteiger partial charge in [-0.3, -0.25) is 4.79 Å². The second kappa shape index (κ2) is 10.9. The molecule has 9 heteroatoms. The number of rotatable bonds is 8. The molecule has 3 rings (SSSR count). The molecule has 0 saturated carbocycles. The van der Waals surface area contributed by atoms with Gasteiger partial charge in [-0.15, -0.1) is 0 Å². The average Bonchev–Trinajstić information content (AvgIpc) is 2.79. The standard InChI is InChI=1S/C22H26ClN3O4S/c1-2-21(18-4-3-5-19(23)16-18)24-25-22(27)11-8-17-6-9-20(10-7-17)31(28,29)26-12-14-30-15-13-26/h3-7,9-10,16H,2,8,11-15H2,1H3,(H,25,27)/b24-21+. The topological polar surface area (TPSA) is 88.1 Å². The van der Waals surface area contributed by atoms with E-state index in [0.29, 0.717) is 44.2 Å². The number of morpholine rings is 1. The van der Waals surface area contributed by atoms with Crippen molar-refractivity contribution in [2.24, 2.45) is 5.10 Å². The van der Waals surface area contributed by atoms with Crippen LogP contribution in [0.2, 0.25) is 5.02 Å². The lowest BCUT2D eigenvalue weighted by Gasteiger charge is -2.26. The van der Waals surface area contributed by atoms with Crippen molar-refractivity contribution in [2.75, 3.05) is 26.3 Å². The van der Waals surface area contributed by atoms with Crippen LogP contribution in [0.4, 0.5) is 0 Å². The summed E-state index contributed by atoms with van der Waals surface area (Å²) < 4.78 is 32.0. The minimum atomic E-state index is -3.51. The minimum absolute atomic E-state index is 0.210. The Hall–Kier alpha value is -2.26. The molecular weight excluding hydrogens is 438 g/mol. The minimum Gasteiger partial charge on any atom is -0.379 e. The Morgan fingerprint density at radius 2 is 1.87 bits per heavy atom. The summed E-state index contributed by atoms with van der Waals surface area (Å²) in [4.78, 5) is 12.5. The van der Waals surface area contributed by atoms with Crippen molar-refractivity contribution in [1.82, 2.24) is 9.73 Å². The summed E-state index contributed by atoms with van der Waals surface area (Å²) in [6.07, 6.45) is 1.38. The zero-order valence-electron chi connectivity index (χ0n) is 17.4. The molecule has 7 nitrogen and oxygen atoms in total. The number of nitrogens with one attached hydrogen (secondary N) is 1. The second-order valence-electron chi connectivity index (χ2n) is 7.12. The summed E-state index contributed by atoms with van der Waals surface area (Å²) in [6, 6.07) is 14.0. The van der Waals surface area contributed by atoms with Crippen molar-refractivity contribution in [3.63, 3.8) is 0 Å². The number of ether oxygens (including phenoxy) is 1. The van der Waals surface area contributed by atoms with E-state index in [1.807, 2.05) is 25.1 Å². The van der Waals surface area contributed by atoms with Crippen LogP contribution in [0.15, 0.2) is 58.5 Å². The molecule has 166 valence electrons. The Labute approximate surface area is 188 Å². The Balaban J connectivity index is 1.55. The Morgan fingerprint density at radius 1 is 1.16 bits per heavy atom. The van der Waals surface area contributed by atoms with Gasteiger partial charge in [0.2, 0.25) is 15.9 Å². The predicted molar refractivity (Wildman–Crippen MR) is 121 cm³/mol. The van der Waals surface area contributed by atoms with Gasteiger partial charge in [0.05, 0.1) is 23.8 Å². The van der Waals surface area contributed by atoms with E-state index < -0.39 is 10.0 Å². The third-order valence-electron chi connectivity index (χ3n) is 4.98. The van der Waals surface area contributed by atoms with Gasteiger partial charge in [0.25, 0.3) is 0 Å². The van der Waals surface area contributed by atoms with Gasteiger partial charge < -0.3 is 4.74 Å². The van der Waals surface area contributed by atoms with Crippen LogP contribution in [0.25, 0.3) is 0 Å². The number of halogens is 1. The highest BCUT2D eigenvalue weighted by Gasteiger charge is 2.26. The average molecular weight is 464 g/mol. The first-order valence-electron chi connectivity index (χ1n) is 10.2. The van der Waals surface area contributed by atoms with Crippen LogP contribution in [-0.2, 0) is 26.0 Å². The first-order chi connectivity index (χ1) is 14.9. The predicted octanol–water partition coefficient (Wildman–Crippen LogP) is 3.22. The highest BCUT2D eigenvalue weighted by Crippen LogP contribution is 2.18. The lowest BCUT2D eigenvalue weighted by Crippen LogP contribution is -2.40. The van der Waals surface area contributed by atoms with Crippen molar-refractivity contribution in [3.05, 3.63) is 64.7 Å². The first kappa shape index (κ1) is 23.4. The fourth-order valence-corrected chi connectivity index (χ4v) is 4.82. The van der Waals surface area contributed by atoms with Gasteiger partial charge >= 0.3 is 0 Å². The molecule has 0 unspecified atom stereocenters. The van der Waals surface area contributed by atoms with Gasteiger partial charge in [0.1, 0.15) is 0 Å². The molecule has 0 atom stereocenters. The van der Waals surface area contributed by atoms with Crippen molar-refractivity contribution >= 4 is 33.2 Å². The van der Waals surface area contributed by atoms with Crippen LogP contribution in [0, 0.1) is 0 Å². The molecule has 0 aromatic heterocycles. The summed E-state index contributed by atoms with van der Waals surface area (Å²) in [5.41, 5.74) is 5.08. The summed E-state index contributed by atoms with van der Waals surface area (Å²) in [5.74, 6) is -0.210. The van der Waals surface area contributed by atoms with E-state index in [4.69, 9.17) is 16.3 Å². The maximum atomic E-state index is 12.7. The molecule has 1 fully saturated rings. The van der Waals surface area contributed by atoms with E-state index in [-0.39, 0.29) is 17.2 Å². The van der Waals surface area contributed by atoms with E-state index in [1.165, 1.54) is 4.31 Å². The van der Waals surface area contributed by atoms with E-state index >= 15 is 0 Å². The number of carbonyl (C=O) groups excluding carboxylic acids is 1. The van der Waals surface area contributed by atoms with Crippen LogP contribution in [0.1, 0.15) is 30.9 Å². The van der Waals surface area contributed by atoms with Crippen LogP contribution in [0.5, 0.6) is 0 Å². The van der Waals surface area contributed by atoms with E-state index in [0.717, 1.165) is 16.8 Å². The molecule has 0 radical (unpaired) electrons. The number of benzene rings is 2. The van der Waals surface area contributed by atoms with Crippen LogP contribution in [-0.4, -0.2) is 50.6 Å². The highest BCUT2D eigenvalue weighted by molar-refractivity contribution is 7.89. The molecule has 2 aromatic carbocycles. The SMILES string of the molecule is CC/C(=N\NC(=O)CCc1ccc(S(=O)(=O)N2CCOCC2)cc1)c1cccc(Cl)c1. The van der Waals surface area contributed by atoms with Gasteiger partial charge in [-0.25, -0.2) is 13.8 Å². The smallest absolute Gasteiger partial charge is 0.243 e. The maximum absolute atomic E-state index is 12.7. The van der Waals surface area contributed by atoms with Gasteiger partial charge in [-0.05, 0) is 48.2 Å². The molecule has 31 heavy (non-hydrogen) atoms. The van der Waals surface area contributed by atoms with Crippen molar-refractivity contribution < 1.29 is 17.9 Å². The van der Waals surface area contributed by atoms with Gasteiger partial charge in [-0.2, -0.15) is 9.41 Å². The molecule has 1 saturated heterocycles. The molecule has 1 N–H and O–H groups in total. The van der Waals surface area contributed by atoms with Gasteiger partial charge in [0, 0.05) is 24.5 Å². The molecule has 0 aliphatic carbocycles. The normalized spacial score (nSPS) is 15.6. The summed E-state index contributed by atoms with van der Waals surface area (Å²) >= 11 is 6.02. The number of carbonyl (C=O) groups is 1. The van der Waals surface area contributed by atoms with E-state index in [2.05, 4.69) is 10.5 Å². The molecule has 1 heterocycles. The zero-order chi connectivity index (χ0) is 22.3. The summed E-state index contributed by atoms with van der Waals surface area (Å²) in [6.45, 7) is 3.50. The second-order valence-corrected chi connectivity index (χ2v) is 9.49. The first-order valence-corrected chi connectivity index (χ1v) is 12.0.